The highest BCUT2D eigenvalue weighted by atomic mass is 35.5. The van der Waals surface area contributed by atoms with E-state index in [1.807, 2.05) is 51.1 Å². The lowest BCUT2D eigenvalue weighted by Gasteiger charge is -2.35. The lowest BCUT2D eigenvalue weighted by Crippen LogP contribution is -2.49. The number of nitrogens with zero attached hydrogens (tertiary/aromatic N) is 6. The molecule has 5 aromatic rings. The second-order valence-corrected chi connectivity index (χ2v) is 9.76. The van der Waals surface area contributed by atoms with Crippen LogP contribution in [0.25, 0.3) is 27.3 Å². The van der Waals surface area contributed by atoms with E-state index in [4.69, 9.17) is 28.2 Å². The third-order valence-corrected chi connectivity index (χ3v) is 7.59. The zero-order valence-electron chi connectivity index (χ0n) is 17.9. The molecule has 34 heavy (non-hydrogen) atoms. The molecule has 0 radical (unpaired) electrons. The fraction of sp³-hybridized carbons (Fsp3) is 0.167. The van der Waals surface area contributed by atoms with Crippen molar-refractivity contribution in [1.82, 2.24) is 24.5 Å². The van der Waals surface area contributed by atoms with Gasteiger partial charge in [0, 0.05) is 37.1 Å². The Balaban J connectivity index is 1.35. The Morgan fingerprint density at radius 3 is 2.50 bits per heavy atom. The summed E-state index contributed by atoms with van der Waals surface area (Å²) in [5.41, 5.74) is 2.18. The molecule has 0 atom stereocenters. The average Bonchev–Trinajstić information content (AvgIpc) is 3.55. The number of piperazine rings is 1. The maximum absolute atomic E-state index is 13.0. The number of hydrogen-bond donors (Lipinski definition) is 0. The third kappa shape index (κ3) is 3.58. The van der Waals surface area contributed by atoms with Gasteiger partial charge in [-0.3, -0.25) is 4.79 Å². The number of fused-ring (bicyclic) bond motifs is 3. The number of benzene rings is 2. The molecule has 1 aliphatic rings. The Bertz CT molecular complexity index is 1530. The molecule has 0 bridgehead atoms. The van der Waals surface area contributed by atoms with E-state index in [1.165, 1.54) is 0 Å². The van der Waals surface area contributed by atoms with Gasteiger partial charge in [-0.15, -0.1) is 21.5 Å². The van der Waals surface area contributed by atoms with Gasteiger partial charge in [0.25, 0.3) is 5.91 Å². The molecule has 1 amide bonds. The number of carbonyl (C=O) groups excluding carboxylic acids is 1. The summed E-state index contributed by atoms with van der Waals surface area (Å²) in [6.45, 7) is 2.39. The summed E-state index contributed by atoms with van der Waals surface area (Å²) in [5.74, 6) is 1.50. The van der Waals surface area contributed by atoms with Gasteiger partial charge in [-0.05, 0) is 41.8 Å². The Morgan fingerprint density at radius 1 is 0.912 bits per heavy atom. The summed E-state index contributed by atoms with van der Waals surface area (Å²) in [4.78, 5) is 23.1. The zero-order chi connectivity index (χ0) is 23.2. The van der Waals surface area contributed by atoms with E-state index >= 15 is 0 Å². The second kappa shape index (κ2) is 8.54. The third-order valence-electron chi connectivity index (χ3n) is 5.99. The predicted molar refractivity (Wildman–Crippen MR) is 136 cm³/mol. The van der Waals surface area contributed by atoms with Gasteiger partial charge < -0.3 is 9.80 Å². The molecule has 0 N–H and O–H groups in total. The fourth-order valence-electron chi connectivity index (χ4n) is 4.26. The van der Waals surface area contributed by atoms with Gasteiger partial charge in [0.15, 0.2) is 11.5 Å². The van der Waals surface area contributed by atoms with Crippen LogP contribution < -0.4 is 4.90 Å². The van der Waals surface area contributed by atoms with Crippen LogP contribution in [0.5, 0.6) is 0 Å². The van der Waals surface area contributed by atoms with Gasteiger partial charge in [0.05, 0.1) is 20.4 Å². The molecular weight excluding hydrogens is 491 g/mol. The molecule has 1 saturated heterocycles. The molecule has 3 aromatic heterocycles. The smallest absolute Gasteiger partial charge is 0.254 e. The number of aromatic nitrogens is 4. The predicted octanol–water partition coefficient (Wildman–Crippen LogP) is 5.28. The molecule has 0 saturated carbocycles. The number of anilines is 1. The van der Waals surface area contributed by atoms with Crippen LogP contribution in [0.3, 0.4) is 0 Å². The quantitative estimate of drug-likeness (QED) is 0.331. The lowest BCUT2D eigenvalue weighted by molar-refractivity contribution is 0.0746. The van der Waals surface area contributed by atoms with Gasteiger partial charge in [0.1, 0.15) is 0 Å². The number of carbonyl (C=O) groups is 1. The molecule has 0 unspecified atom stereocenters. The van der Waals surface area contributed by atoms with Crippen molar-refractivity contribution in [1.29, 1.82) is 0 Å². The molecule has 7 nitrogen and oxygen atoms in total. The van der Waals surface area contributed by atoms with Crippen LogP contribution in [0, 0.1) is 0 Å². The first-order valence-electron chi connectivity index (χ1n) is 10.8. The standard InChI is InChI=1S/C24H18Cl2N6OS/c25-17-8-7-15(14-18(17)26)23(33)30-9-11-31(12-10-30)24-27-19-5-2-1-4-16(19)21-28-29-22(32(21)24)20-6-3-13-34-20/h1-8,13-14H,9-12H2. The second-order valence-electron chi connectivity index (χ2n) is 8.00. The largest absolute Gasteiger partial charge is 0.338 e. The van der Waals surface area contributed by atoms with E-state index < -0.39 is 0 Å². The lowest BCUT2D eigenvalue weighted by atomic mass is 10.2. The minimum Gasteiger partial charge on any atom is -0.338 e. The maximum Gasteiger partial charge on any atom is 0.254 e. The van der Waals surface area contributed by atoms with Gasteiger partial charge in [-0.1, -0.05) is 41.4 Å². The first kappa shape index (κ1) is 21.3. The monoisotopic (exact) mass is 508 g/mol. The average molecular weight is 509 g/mol. The number of thiophene rings is 1. The van der Waals surface area contributed by atoms with Crippen molar-refractivity contribution >= 4 is 62.9 Å². The summed E-state index contributed by atoms with van der Waals surface area (Å²) in [6, 6.07) is 17.0. The van der Waals surface area contributed by atoms with E-state index in [9.17, 15) is 4.79 Å². The van der Waals surface area contributed by atoms with Crippen molar-refractivity contribution < 1.29 is 4.79 Å². The molecule has 170 valence electrons. The first-order chi connectivity index (χ1) is 16.6. The highest BCUT2D eigenvalue weighted by Crippen LogP contribution is 2.31. The molecule has 0 spiro atoms. The SMILES string of the molecule is O=C(c1ccc(Cl)c(Cl)c1)N1CCN(c2nc3ccccc3c3nnc(-c4cccs4)n23)CC1. The van der Waals surface area contributed by atoms with Crippen molar-refractivity contribution in [3.63, 3.8) is 0 Å². The molecule has 0 aliphatic carbocycles. The summed E-state index contributed by atoms with van der Waals surface area (Å²) >= 11 is 13.7. The molecular formula is C24H18Cl2N6OS. The van der Waals surface area contributed by atoms with Gasteiger partial charge in [-0.25, -0.2) is 9.38 Å². The summed E-state index contributed by atoms with van der Waals surface area (Å²) in [7, 11) is 0. The summed E-state index contributed by atoms with van der Waals surface area (Å²) in [6.07, 6.45) is 0. The number of halogens is 2. The molecule has 4 heterocycles. The zero-order valence-corrected chi connectivity index (χ0v) is 20.2. The van der Waals surface area contributed by atoms with Crippen molar-refractivity contribution in [3.05, 3.63) is 75.6 Å². The fourth-order valence-corrected chi connectivity index (χ4v) is 5.26. The highest BCUT2D eigenvalue weighted by Gasteiger charge is 2.27. The Labute approximate surface area is 209 Å². The number of hydrogen-bond acceptors (Lipinski definition) is 6. The van der Waals surface area contributed by atoms with Crippen LogP contribution in [-0.4, -0.2) is 56.6 Å². The Morgan fingerprint density at radius 2 is 1.74 bits per heavy atom. The van der Waals surface area contributed by atoms with Crippen molar-refractivity contribution in [2.75, 3.05) is 31.1 Å². The molecule has 2 aromatic carbocycles. The van der Waals surface area contributed by atoms with E-state index in [0.29, 0.717) is 41.8 Å². The molecule has 1 aliphatic heterocycles. The van der Waals surface area contributed by atoms with Crippen LogP contribution >= 0.6 is 34.5 Å². The van der Waals surface area contributed by atoms with Gasteiger partial charge in [-0.2, -0.15) is 0 Å². The van der Waals surface area contributed by atoms with E-state index in [1.54, 1.807) is 29.5 Å². The maximum atomic E-state index is 13.0. The van der Waals surface area contributed by atoms with Crippen molar-refractivity contribution in [2.24, 2.45) is 0 Å². The highest BCUT2D eigenvalue weighted by molar-refractivity contribution is 7.13. The van der Waals surface area contributed by atoms with Gasteiger partial charge >= 0.3 is 0 Å². The summed E-state index contributed by atoms with van der Waals surface area (Å²) in [5, 5.41) is 12.8. The topological polar surface area (TPSA) is 66.6 Å². The minimum absolute atomic E-state index is 0.0570. The van der Waals surface area contributed by atoms with Crippen LogP contribution in [0.15, 0.2) is 60.0 Å². The van der Waals surface area contributed by atoms with E-state index in [-0.39, 0.29) is 5.91 Å². The van der Waals surface area contributed by atoms with E-state index in [2.05, 4.69) is 15.1 Å². The minimum atomic E-state index is -0.0570. The van der Waals surface area contributed by atoms with Crippen LogP contribution in [0.2, 0.25) is 10.0 Å². The molecule has 6 rings (SSSR count). The summed E-state index contributed by atoms with van der Waals surface area (Å²) < 4.78 is 2.03. The van der Waals surface area contributed by atoms with E-state index in [0.717, 1.165) is 33.2 Å². The van der Waals surface area contributed by atoms with Crippen LogP contribution in [0.4, 0.5) is 5.95 Å². The number of amides is 1. The normalized spacial score (nSPS) is 14.3. The number of para-hydroxylation sites is 1. The van der Waals surface area contributed by atoms with Crippen LogP contribution in [0.1, 0.15) is 10.4 Å². The molecule has 10 heteroatoms. The first-order valence-corrected chi connectivity index (χ1v) is 12.4. The van der Waals surface area contributed by atoms with Gasteiger partial charge in [0.2, 0.25) is 5.95 Å². The molecule has 1 fully saturated rings. The Kier molecular flexibility index (Phi) is 5.36. The number of rotatable bonds is 3. The van der Waals surface area contributed by atoms with Crippen molar-refractivity contribution in [2.45, 2.75) is 0 Å². The Hall–Kier alpha value is -3.20. The van der Waals surface area contributed by atoms with Crippen LogP contribution in [-0.2, 0) is 0 Å². The van der Waals surface area contributed by atoms with Crippen molar-refractivity contribution in [3.8, 4) is 10.7 Å².